The Hall–Kier alpha value is -1.12. The van der Waals surface area contributed by atoms with E-state index in [1.807, 2.05) is 11.4 Å². The van der Waals surface area contributed by atoms with Gasteiger partial charge in [-0.15, -0.1) is 11.3 Å². The lowest BCUT2D eigenvalue weighted by Crippen LogP contribution is -2.12. The van der Waals surface area contributed by atoms with Crippen LogP contribution in [0.3, 0.4) is 0 Å². The zero-order chi connectivity index (χ0) is 9.84. The number of halogens is 1. The molecule has 5 heteroatoms. The summed E-state index contributed by atoms with van der Waals surface area (Å²) in [5.41, 5.74) is 4.93. The average Bonchev–Trinajstić information content (AvgIpc) is 2.46. The van der Waals surface area contributed by atoms with Crippen LogP contribution in [-0.2, 0) is 4.79 Å². The molecule has 1 aromatic heterocycles. The second-order valence-corrected chi connectivity index (χ2v) is 3.97. The highest BCUT2D eigenvalue weighted by molar-refractivity contribution is 9.10. The van der Waals surface area contributed by atoms with Crippen LogP contribution in [0.25, 0.3) is 6.08 Å². The van der Waals surface area contributed by atoms with Crippen molar-refractivity contribution in [1.82, 2.24) is 0 Å². The van der Waals surface area contributed by atoms with Crippen molar-refractivity contribution in [1.29, 1.82) is 5.26 Å². The maximum atomic E-state index is 10.7. The van der Waals surface area contributed by atoms with E-state index in [2.05, 4.69) is 15.9 Å². The van der Waals surface area contributed by atoms with Crippen LogP contribution in [-0.4, -0.2) is 5.91 Å². The Balaban J connectivity index is 3.07. The molecule has 0 atom stereocenters. The smallest absolute Gasteiger partial charge is 0.259 e. The molecule has 0 unspecified atom stereocenters. The SMILES string of the molecule is N#C/C(=C\c1sccc1Br)C(N)=O. The summed E-state index contributed by atoms with van der Waals surface area (Å²) < 4.78 is 0.853. The highest BCUT2D eigenvalue weighted by atomic mass is 79.9. The van der Waals surface area contributed by atoms with Crippen LogP contribution in [0.4, 0.5) is 0 Å². The Morgan fingerprint density at radius 1 is 1.77 bits per heavy atom. The molecule has 0 saturated heterocycles. The van der Waals surface area contributed by atoms with E-state index in [1.54, 1.807) is 6.07 Å². The van der Waals surface area contributed by atoms with Crippen LogP contribution in [0, 0.1) is 11.3 Å². The van der Waals surface area contributed by atoms with Crippen LogP contribution in [0.15, 0.2) is 21.5 Å². The largest absolute Gasteiger partial charge is 0.365 e. The monoisotopic (exact) mass is 256 g/mol. The summed E-state index contributed by atoms with van der Waals surface area (Å²) in [7, 11) is 0. The van der Waals surface area contributed by atoms with Gasteiger partial charge < -0.3 is 5.73 Å². The van der Waals surface area contributed by atoms with Crippen LogP contribution in [0.1, 0.15) is 4.88 Å². The first kappa shape index (κ1) is 9.96. The molecule has 0 aliphatic carbocycles. The Morgan fingerprint density at radius 3 is 2.85 bits per heavy atom. The molecule has 0 spiro atoms. The summed E-state index contributed by atoms with van der Waals surface area (Å²) in [6.07, 6.45) is 1.47. The zero-order valence-electron chi connectivity index (χ0n) is 6.45. The molecule has 2 N–H and O–H groups in total. The highest BCUT2D eigenvalue weighted by Gasteiger charge is 2.05. The van der Waals surface area contributed by atoms with Gasteiger partial charge in [0.2, 0.25) is 0 Å². The van der Waals surface area contributed by atoms with Crippen molar-refractivity contribution in [2.24, 2.45) is 5.73 Å². The minimum atomic E-state index is -0.706. The Kier molecular flexibility index (Phi) is 3.23. The molecule has 0 saturated carbocycles. The van der Waals surface area contributed by atoms with Gasteiger partial charge in [-0.2, -0.15) is 5.26 Å². The topological polar surface area (TPSA) is 66.9 Å². The molecule has 0 radical (unpaired) electrons. The van der Waals surface area contributed by atoms with E-state index in [0.29, 0.717) is 0 Å². The third kappa shape index (κ3) is 2.41. The van der Waals surface area contributed by atoms with Gasteiger partial charge >= 0.3 is 0 Å². The Labute approximate surface area is 87.6 Å². The van der Waals surface area contributed by atoms with Crippen molar-refractivity contribution in [2.75, 3.05) is 0 Å². The van der Waals surface area contributed by atoms with Crippen LogP contribution in [0.2, 0.25) is 0 Å². The molecule has 0 bridgehead atoms. The van der Waals surface area contributed by atoms with Crippen LogP contribution >= 0.6 is 27.3 Å². The van der Waals surface area contributed by atoms with Crippen molar-refractivity contribution in [3.63, 3.8) is 0 Å². The maximum absolute atomic E-state index is 10.7. The van der Waals surface area contributed by atoms with E-state index in [-0.39, 0.29) is 5.57 Å². The van der Waals surface area contributed by atoms with Crippen LogP contribution < -0.4 is 5.73 Å². The van der Waals surface area contributed by atoms with Gasteiger partial charge in [0, 0.05) is 9.35 Å². The number of nitrogens with zero attached hydrogens (tertiary/aromatic N) is 1. The van der Waals surface area contributed by atoms with E-state index >= 15 is 0 Å². The number of nitriles is 1. The Bertz CT molecular complexity index is 403. The fraction of sp³-hybridized carbons (Fsp3) is 0. The minimum absolute atomic E-state index is 0.0387. The lowest BCUT2D eigenvalue weighted by molar-refractivity contribution is -0.114. The summed E-state index contributed by atoms with van der Waals surface area (Å²) in [5.74, 6) is -0.706. The van der Waals surface area contributed by atoms with Gasteiger partial charge in [0.05, 0.1) is 0 Å². The van der Waals surface area contributed by atoms with E-state index in [9.17, 15) is 4.79 Å². The van der Waals surface area contributed by atoms with Gasteiger partial charge in [-0.3, -0.25) is 4.79 Å². The number of nitrogens with two attached hydrogens (primary N) is 1. The first-order valence-corrected chi connectivity index (χ1v) is 4.97. The van der Waals surface area contributed by atoms with E-state index in [0.717, 1.165) is 9.35 Å². The number of carbonyl (C=O) groups is 1. The summed E-state index contributed by atoms with van der Waals surface area (Å²) in [4.78, 5) is 11.5. The molecule has 0 fully saturated rings. The van der Waals surface area contributed by atoms with E-state index in [1.165, 1.54) is 17.4 Å². The first-order valence-electron chi connectivity index (χ1n) is 3.29. The predicted molar refractivity (Wildman–Crippen MR) is 54.8 cm³/mol. The number of rotatable bonds is 2. The zero-order valence-corrected chi connectivity index (χ0v) is 8.85. The summed E-state index contributed by atoms with van der Waals surface area (Å²) in [6.45, 7) is 0. The van der Waals surface area contributed by atoms with E-state index < -0.39 is 5.91 Å². The number of carbonyl (C=O) groups excluding carboxylic acids is 1. The quantitative estimate of drug-likeness (QED) is 0.649. The molecular weight excluding hydrogens is 252 g/mol. The maximum Gasteiger partial charge on any atom is 0.259 e. The van der Waals surface area contributed by atoms with Crippen molar-refractivity contribution < 1.29 is 4.79 Å². The predicted octanol–water partition coefficient (Wildman–Crippen LogP) is 1.90. The summed E-state index contributed by atoms with van der Waals surface area (Å²) in [5, 5.41) is 10.4. The molecule has 1 rings (SSSR count). The molecule has 0 aliphatic heterocycles. The lowest BCUT2D eigenvalue weighted by atomic mass is 10.2. The first-order chi connectivity index (χ1) is 6.15. The standard InChI is InChI=1S/C8H5BrN2OS/c9-6-1-2-13-7(6)3-5(4-10)8(11)12/h1-3H,(H2,11,12)/b5-3+. The third-order valence-corrected chi connectivity index (χ3v) is 3.12. The number of primary amides is 1. The van der Waals surface area contributed by atoms with Gasteiger partial charge in [0.25, 0.3) is 5.91 Å². The minimum Gasteiger partial charge on any atom is -0.365 e. The second-order valence-electron chi connectivity index (χ2n) is 2.17. The summed E-state index contributed by atoms with van der Waals surface area (Å²) in [6, 6.07) is 3.58. The molecule has 13 heavy (non-hydrogen) atoms. The average molecular weight is 257 g/mol. The van der Waals surface area contributed by atoms with E-state index in [4.69, 9.17) is 11.0 Å². The van der Waals surface area contributed by atoms with Crippen molar-refractivity contribution in [2.45, 2.75) is 0 Å². The molecule has 1 aromatic rings. The lowest BCUT2D eigenvalue weighted by Gasteiger charge is -1.90. The van der Waals surface area contributed by atoms with Gasteiger partial charge in [-0.05, 0) is 33.5 Å². The van der Waals surface area contributed by atoms with Gasteiger partial charge in [0.1, 0.15) is 11.6 Å². The van der Waals surface area contributed by atoms with Crippen molar-refractivity contribution >= 4 is 39.2 Å². The molecule has 1 amide bonds. The molecule has 0 aliphatic rings. The Morgan fingerprint density at radius 2 is 2.46 bits per heavy atom. The van der Waals surface area contributed by atoms with Gasteiger partial charge in [-0.1, -0.05) is 0 Å². The van der Waals surface area contributed by atoms with Crippen molar-refractivity contribution in [3.05, 3.63) is 26.4 Å². The van der Waals surface area contributed by atoms with Gasteiger partial charge in [-0.25, -0.2) is 0 Å². The molecule has 1 heterocycles. The molecule has 66 valence electrons. The summed E-state index contributed by atoms with van der Waals surface area (Å²) >= 11 is 4.71. The molecule has 3 nitrogen and oxygen atoms in total. The second kappa shape index (κ2) is 4.21. The number of hydrogen-bond acceptors (Lipinski definition) is 3. The number of hydrogen-bond donors (Lipinski definition) is 1. The fourth-order valence-corrected chi connectivity index (χ4v) is 2.12. The molecular formula is C8H5BrN2OS. The molecule has 0 aromatic carbocycles. The van der Waals surface area contributed by atoms with Gasteiger partial charge in [0.15, 0.2) is 0 Å². The third-order valence-electron chi connectivity index (χ3n) is 1.31. The van der Waals surface area contributed by atoms with Crippen LogP contribution in [0.5, 0.6) is 0 Å². The highest BCUT2D eigenvalue weighted by Crippen LogP contribution is 2.24. The normalized spacial score (nSPS) is 10.9. The number of thiophene rings is 1. The number of amides is 1. The fourth-order valence-electron chi connectivity index (χ4n) is 0.698. The van der Waals surface area contributed by atoms with Crippen molar-refractivity contribution in [3.8, 4) is 6.07 Å².